The van der Waals surface area contributed by atoms with E-state index in [4.69, 9.17) is 16.7 Å². The fourth-order valence-electron chi connectivity index (χ4n) is 1.55. The zero-order valence-corrected chi connectivity index (χ0v) is 9.65. The Hall–Kier alpha value is -2.01. The number of carboxylic acid groups (broad SMARTS) is 1. The molecule has 6 heteroatoms. The summed E-state index contributed by atoms with van der Waals surface area (Å²) in [5, 5.41) is 11.9. The number of H-pyrrole nitrogens is 1. The van der Waals surface area contributed by atoms with Crippen molar-refractivity contribution in [3.63, 3.8) is 0 Å². The van der Waals surface area contributed by atoms with Crippen molar-refractivity contribution >= 4 is 17.6 Å². The monoisotopic (exact) mass is 252 g/mol. The number of rotatable bonds is 2. The van der Waals surface area contributed by atoms with Gasteiger partial charge >= 0.3 is 5.97 Å². The minimum Gasteiger partial charge on any atom is -0.477 e. The molecule has 0 aliphatic rings. The zero-order valence-electron chi connectivity index (χ0n) is 8.90. The van der Waals surface area contributed by atoms with Crippen molar-refractivity contribution in [3.8, 4) is 5.69 Å². The summed E-state index contributed by atoms with van der Waals surface area (Å²) in [6.45, 7) is 1.79. The topological polar surface area (TPSA) is 75.1 Å². The third-order valence-corrected chi connectivity index (χ3v) is 2.59. The fraction of sp³-hybridized carbons (Fsp3) is 0.0909. The SMILES string of the molecule is Cc1cc(Cl)ccc1-n1[nH]c(C(=O)O)cc1=O. The number of nitrogens with zero attached hydrogens (tertiary/aromatic N) is 1. The van der Waals surface area contributed by atoms with E-state index in [-0.39, 0.29) is 5.69 Å². The van der Waals surface area contributed by atoms with Gasteiger partial charge in [-0.2, -0.15) is 0 Å². The molecule has 88 valence electrons. The molecular formula is C11H9ClN2O3. The summed E-state index contributed by atoms with van der Waals surface area (Å²) in [6, 6.07) is 6.03. The van der Waals surface area contributed by atoms with Crippen LogP contribution in [0.5, 0.6) is 0 Å². The summed E-state index contributed by atoms with van der Waals surface area (Å²) in [7, 11) is 0. The molecule has 0 saturated carbocycles. The second kappa shape index (κ2) is 4.10. The van der Waals surface area contributed by atoms with E-state index in [1.165, 1.54) is 4.68 Å². The number of aromatic carboxylic acids is 1. The van der Waals surface area contributed by atoms with Gasteiger partial charge in [-0.15, -0.1) is 0 Å². The molecule has 0 aliphatic carbocycles. The lowest BCUT2D eigenvalue weighted by Crippen LogP contribution is -2.14. The van der Waals surface area contributed by atoms with Crippen molar-refractivity contribution in [1.82, 2.24) is 9.78 Å². The quantitative estimate of drug-likeness (QED) is 0.856. The highest BCUT2D eigenvalue weighted by atomic mass is 35.5. The summed E-state index contributed by atoms with van der Waals surface area (Å²) >= 11 is 5.81. The molecule has 1 heterocycles. The third-order valence-electron chi connectivity index (χ3n) is 2.35. The molecule has 0 radical (unpaired) electrons. The van der Waals surface area contributed by atoms with Crippen LogP contribution in [0.1, 0.15) is 16.1 Å². The molecule has 2 N–H and O–H groups in total. The molecule has 0 bridgehead atoms. The smallest absolute Gasteiger partial charge is 0.353 e. The van der Waals surface area contributed by atoms with Crippen LogP contribution in [0.25, 0.3) is 5.69 Å². The van der Waals surface area contributed by atoms with Gasteiger partial charge in [0.15, 0.2) is 0 Å². The van der Waals surface area contributed by atoms with Gasteiger partial charge in [0.05, 0.1) is 5.69 Å². The second-order valence-corrected chi connectivity index (χ2v) is 4.02. The Kier molecular flexibility index (Phi) is 2.77. The Morgan fingerprint density at radius 3 is 2.65 bits per heavy atom. The highest BCUT2D eigenvalue weighted by Crippen LogP contribution is 2.17. The van der Waals surface area contributed by atoms with E-state index in [1.54, 1.807) is 25.1 Å². The lowest BCUT2D eigenvalue weighted by atomic mass is 10.2. The number of hydrogen-bond acceptors (Lipinski definition) is 2. The molecule has 17 heavy (non-hydrogen) atoms. The van der Waals surface area contributed by atoms with E-state index in [0.29, 0.717) is 10.7 Å². The molecule has 0 unspecified atom stereocenters. The predicted molar refractivity (Wildman–Crippen MR) is 63.1 cm³/mol. The Morgan fingerprint density at radius 1 is 1.41 bits per heavy atom. The van der Waals surface area contributed by atoms with Gasteiger partial charge in [-0.05, 0) is 30.7 Å². The van der Waals surface area contributed by atoms with Crippen LogP contribution in [0.3, 0.4) is 0 Å². The van der Waals surface area contributed by atoms with Gasteiger partial charge < -0.3 is 5.11 Å². The maximum atomic E-state index is 11.6. The van der Waals surface area contributed by atoms with E-state index in [1.807, 2.05) is 0 Å². The largest absolute Gasteiger partial charge is 0.477 e. The summed E-state index contributed by atoms with van der Waals surface area (Å²) in [5.41, 5.74) is 0.780. The first-order valence-corrected chi connectivity index (χ1v) is 5.19. The fourth-order valence-corrected chi connectivity index (χ4v) is 1.78. The molecule has 1 aromatic carbocycles. The molecule has 5 nitrogen and oxygen atoms in total. The number of halogens is 1. The Balaban J connectivity index is 2.60. The summed E-state index contributed by atoms with van der Waals surface area (Å²) in [5.74, 6) is -1.17. The van der Waals surface area contributed by atoms with Gasteiger partial charge in [0, 0.05) is 11.1 Å². The number of aromatic amines is 1. The number of hydrogen-bond donors (Lipinski definition) is 2. The minimum atomic E-state index is -1.17. The maximum Gasteiger partial charge on any atom is 0.353 e. The number of benzene rings is 1. The maximum absolute atomic E-state index is 11.6. The van der Waals surface area contributed by atoms with Crippen LogP contribution in [-0.4, -0.2) is 20.9 Å². The third kappa shape index (κ3) is 2.09. The summed E-state index contributed by atoms with van der Waals surface area (Å²) < 4.78 is 1.18. The van der Waals surface area contributed by atoms with Crippen molar-refractivity contribution in [3.05, 3.63) is 50.9 Å². The Morgan fingerprint density at radius 2 is 2.12 bits per heavy atom. The van der Waals surface area contributed by atoms with Crippen LogP contribution in [0.4, 0.5) is 0 Å². The molecule has 2 rings (SSSR count). The highest BCUT2D eigenvalue weighted by molar-refractivity contribution is 6.30. The lowest BCUT2D eigenvalue weighted by Gasteiger charge is -2.06. The number of nitrogens with one attached hydrogen (secondary N) is 1. The first-order valence-electron chi connectivity index (χ1n) is 4.81. The van der Waals surface area contributed by atoms with Crippen LogP contribution in [-0.2, 0) is 0 Å². The van der Waals surface area contributed by atoms with Gasteiger partial charge in [-0.1, -0.05) is 11.6 Å². The van der Waals surface area contributed by atoms with Crippen LogP contribution >= 0.6 is 11.6 Å². The van der Waals surface area contributed by atoms with Crippen molar-refractivity contribution in [2.24, 2.45) is 0 Å². The van der Waals surface area contributed by atoms with Crippen molar-refractivity contribution in [2.75, 3.05) is 0 Å². The first-order chi connectivity index (χ1) is 7.99. The average molecular weight is 253 g/mol. The molecule has 0 atom stereocenters. The molecule has 0 fully saturated rings. The molecule has 0 saturated heterocycles. The normalized spacial score (nSPS) is 10.5. The average Bonchev–Trinajstić information content (AvgIpc) is 2.61. The number of aromatic nitrogens is 2. The van der Waals surface area contributed by atoms with Crippen molar-refractivity contribution in [1.29, 1.82) is 0 Å². The minimum absolute atomic E-state index is 0.149. The van der Waals surface area contributed by atoms with Crippen molar-refractivity contribution < 1.29 is 9.90 Å². The standard InChI is InChI=1S/C11H9ClN2O3/c1-6-4-7(12)2-3-9(6)14-10(15)5-8(13-14)11(16)17/h2-5,13H,1H3,(H,16,17). The van der Waals surface area contributed by atoms with Crippen molar-refractivity contribution in [2.45, 2.75) is 6.92 Å². The number of aryl methyl sites for hydroxylation is 1. The van der Waals surface area contributed by atoms with Crippen LogP contribution in [0.15, 0.2) is 29.1 Å². The van der Waals surface area contributed by atoms with E-state index in [2.05, 4.69) is 5.10 Å². The second-order valence-electron chi connectivity index (χ2n) is 3.58. The Bertz CT molecular complexity index is 642. The molecule has 2 aromatic rings. The van der Waals surface area contributed by atoms with E-state index in [0.717, 1.165) is 11.6 Å². The molecule has 0 aliphatic heterocycles. The molecule has 1 aromatic heterocycles. The van der Waals surface area contributed by atoms with E-state index >= 15 is 0 Å². The Labute approximate surface area is 101 Å². The molecule has 0 amide bonds. The molecule has 0 spiro atoms. The predicted octanol–water partition coefficient (Wildman–Crippen LogP) is 1.83. The number of carboxylic acids is 1. The molecular weight excluding hydrogens is 244 g/mol. The zero-order chi connectivity index (χ0) is 12.6. The van der Waals surface area contributed by atoms with E-state index < -0.39 is 11.5 Å². The lowest BCUT2D eigenvalue weighted by molar-refractivity contribution is 0.0690. The first kappa shape index (κ1) is 11.5. The van der Waals surface area contributed by atoms with Gasteiger partial charge in [0.2, 0.25) is 0 Å². The van der Waals surface area contributed by atoms with Crippen LogP contribution < -0.4 is 5.56 Å². The summed E-state index contributed by atoms with van der Waals surface area (Å²) in [6.07, 6.45) is 0. The van der Waals surface area contributed by atoms with Gasteiger partial charge in [0.25, 0.3) is 5.56 Å². The number of carbonyl (C=O) groups is 1. The van der Waals surface area contributed by atoms with Crippen LogP contribution in [0, 0.1) is 6.92 Å². The van der Waals surface area contributed by atoms with Gasteiger partial charge in [0.1, 0.15) is 5.69 Å². The van der Waals surface area contributed by atoms with E-state index in [9.17, 15) is 9.59 Å². The van der Waals surface area contributed by atoms with Gasteiger partial charge in [-0.25, -0.2) is 9.48 Å². The summed E-state index contributed by atoms with van der Waals surface area (Å²) in [4.78, 5) is 22.3. The van der Waals surface area contributed by atoms with Gasteiger partial charge in [-0.3, -0.25) is 9.89 Å². The highest BCUT2D eigenvalue weighted by Gasteiger charge is 2.11. The van der Waals surface area contributed by atoms with Crippen LogP contribution in [0.2, 0.25) is 5.02 Å².